The van der Waals surface area contributed by atoms with Gasteiger partial charge in [-0.05, 0) is 42.4 Å². The van der Waals surface area contributed by atoms with Crippen molar-refractivity contribution in [3.8, 4) is 16.9 Å². The Morgan fingerprint density at radius 1 is 1.14 bits per heavy atom. The second kappa shape index (κ2) is 5.15. The SMILES string of the molecule is CNCc1cc(-c2ccc3c(c2)C(C)(C)CO3)ccc1F. The summed E-state index contributed by atoms with van der Waals surface area (Å²) in [6, 6.07) is 11.5. The summed E-state index contributed by atoms with van der Waals surface area (Å²) in [5.41, 5.74) is 4.07. The lowest BCUT2D eigenvalue weighted by Gasteiger charge is -2.16. The van der Waals surface area contributed by atoms with Gasteiger partial charge in [0.2, 0.25) is 0 Å². The van der Waals surface area contributed by atoms with Crippen molar-refractivity contribution in [3.63, 3.8) is 0 Å². The van der Waals surface area contributed by atoms with Crippen LogP contribution in [-0.2, 0) is 12.0 Å². The molecule has 0 atom stereocenters. The van der Waals surface area contributed by atoms with Gasteiger partial charge in [-0.25, -0.2) is 4.39 Å². The Morgan fingerprint density at radius 2 is 1.86 bits per heavy atom. The first-order chi connectivity index (χ1) is 10.0. The molecule has 0 radical (unpaired) electrons. The lowest BCUT2D eigenvalue weighted by molar-refractivity contribution is 0.291. The minimum Gasteiger partial charge on any atom is -0.492 e. The fourth-order valence-electron chi connectivity index (χ4n) is 2.78. The van der Waals surface area contributed by atoms with E-state index >= 15 is 0 Å². The number of nitrogens with one attached hydrogen (secondary N) is 1. The number of fused-ring (bicyclic) bond motifs is 1. The van der Waals surface area contributed by atoms with Crippen molar-refractivity contribution in [2.45, 2.75) is 25.8 Å². The second-order valence-corrected chi connectivity index (χ2v) is 6.22. The number of benzene rings is 2. The molecule has 2 aromatic carbocycles. The molecule has 0 spiro atoms. The molecule has 1 aliphatic rings. The van der Waals surface area contributed by atoms with E-state index in [1.807, 2.05) is 31.3 Å². The van der Waals surface area contributed by atoms with Crippen molar-refractivity contribution < 1.29 is 9.13 Å². The Hall–Kier alpha value is -1.87. The minimum atomic E-state index is -0.169. The zero-order chi connectivity index (χ0) is 15.0. The Kier molecular flexibility index (Phi) is 3.46. The van der Waals surface area contributed by atoms with E-state index in [4.69, 9.17) is 4.74 Å². The first-order valence-corrected chi connectivity index (χ1v) is 7.22. The Labute approximate surface area is 125 Å². The summed E-state index contributed by atoms with van der Waals surface area (Å²) in [6.45, 7) is 5.60. The molecule has 2 nitrogen and oxygen atoms in total. The highest BCUT2D eigenvalue weighted by Gasteiger charge is 2.31. The van der Waals surface area contributed by atoms with E-state index in [2.05, 4.69) is 25.2 Å². The van der Waals surface area contributed by atoms with Crippen LogP contribution in [0, 0.1) is 5.82 Å². The molecule has 3 heteroatoms. The summed E-state index contributed by atoms with van der Waals surface area (Å²) in [5, 5.41) is 3.00. The largest absolute Gasteiger partial charge is 0.492 e. The first-order valence-electron chi connectivity index (χ1n) is 7.22. The lowest BCUT2D eigenvalue weighted by atomic mass is 9.85. The molecule has 1 aliphatic heterocycles. The Morgan fingerprint density at radius 3 is 2.62 bits per heavy atom. The predicted octanol–water partition coefficient (Wildman–Crippen LogP) is 3.88. The Balaban J connectivity index is 2.04. The van der Waals surface area contributed by atoms with Gasteiger partial charge < -0.3 is 10.1 Å². The molecule has 21 heavy (non-hydrogen) atoms. The van der Waals surface area contributed by atoms with Gasteiger partial charge in [0.25, 0.3) is 0 Å². The molecule has 3 rings (SSSR count). The molecule has 0 saturated heterocycles. The van der Waals surface area contributed by atoms with Crippen LogP contribution in [0.5, 0.6) is 5.75 Å². The summed E-state index contributed by atoms with van der Waals surface area (Å²) in [5.74, 6) is 0.791. The lowest BCUT2D eigenvalue weighted by Crippen LogP contribution is -2.18. The van der Waals surface area contributed by atoms with Crippen LogP contribution in [0.1, 0.15) is 25.0 Å². The van der Waals surface area contributed by atoms with Crippen LogP contribution in [0.25, 0.3) is 11.1 Å². The molecule has 0 amide bonds. The molecule has 110 valence electrons. The highest BCUT2D eigenvalue weighted by Crippen LogP contribution is 2.40. The van der Waals surface area contributed by atoms with Crippen LogP contribution < -0.4 is 10.1 Å². The van der Waals surface area contributed by atoms with Gasteiger partial charge in [0, 0.05) is 23.1 Å². The van der Waals surface area contributed by atoms with E-state index in [0.29, 0.717) is 18.7 Å². The molecule has 0 saturated carbocycles. The molecule has 0 unspecified atom stereocenters. The van der Waals surface area contributed by atoms with Gasteiger partial charge in [-0.3, -0.25) is 0 Å². The zero-order valence-corrected chi connectivity index (χ0v) is 12.7. The zero-order valence-electron chi connectivity index (χ0n) is 12.7. The second-order valence-electron chi connectivity index (χ2n) is 6.22. The minimum absolute atomic E-state index is 0.0270. The van der Waals surface area contributed by atoms with Crippen LogP contribution in [0.3, 0.4) is 0 Å². The van der Waals surface area contributed by atoms with Crippen LogP contribution in [-0.4, -0.2) is 13.7 Å². The van der Waals surface area contributed by atoms with E-state index in [9.17, 15) is 4.39 Å². The van der Waals surface area contributed by atoms with Crippen molar-refractivity contribution in [1.82, 2.24) is 5.32 Å². The van der Waals surface area contributed by atoms with E-state index in [-0.39, 0.29) is 11.2 Å². The maximum Gasteiger partial charge on any atom is 0.127 e. The molecule has 1 heterocycles. The van der Waals surface area contributed by atoms with Gasteiger partial charge in [0.1, 0.15) is 11.6 Å². The Bertz CT molecular complexity index is 679. The van der Waals surface area contributed by atoms with E-state index in [1.54, 1.807) is 0 Å². The smallest absolute Gasteiger partial charge is 0.127 e. The third-order valence-corrected chi connectivity index (χ3v) is 4.04. The monoisotopic (exact) mass is 285 g/mol. The van der Waals surface area contributed by atoms with Crippen molar-refractivity contribution in [2.75, 3.05) is 13.7 Å². The van der Waals surface area contributed by atoms with Gasteiger partial charge in [-0.1, -0.05) is 26.0 Å². The number of halogens is 1. The highest BCUT2D eigenvalue weighted by molar-refractivity contribution is 5.67. The maximum absolute atomic E-state index is 13.8. The summed E-state index contributed by atoms with van der Waals surface area (Å²) in [4.78, 5) is 0. The van der Waals surface area contributed by atoms with Gasteiger partial charge in [0.15, 0.2) is 0 Å². The standard InChI is InChI=1S/C18H20FNO/c1-18(2)11-21-17-7-5-13(9-15(17)18)12-4-6-16(19)14(8-12)10-20-3/h4-9,20H,10-11H2,1-3H3. The normalized spacial score (nSPS) is 15.6. The van der Waals surface area contributed by atoms with Crippen molar-refractivity contribution in [3.05, 3.63) is 53.3 Å². The number of ether oxygens (including phenoxy) is 1. The van der Waals surface area contributed by atoms with Crippen LogP contribution in [0.4, 0.5) is 4.39 Å². The molecule has 0 bridgehead atoms. The summed E-state index contributed by atoms with van der Waals surface area (Å²) in [6.07, 6.45) is 0. The van der Waals surface area contributed by atoms with Gasteiger partial charge in [-0.15, -0.1) is 0 Å². The summed E-state index contributed by atoms with van der Waals surface area (Å²) in [7, 11) is 1.82. The third kappa shape index (κ3) is 2.54. The molecule has 0 fully saturated rings. The average Bonchev–Trinajstić information content (AvgIpc) is 2.77. The van der Waals surface area contributed by atoms with Crippen molar-refractivity contribution >= 4 is 0 Å². The fourth-order valence-corrected chi connectivity index (χ4v) is 2.78. The molecule has 0 aromatic heterocycles. The molecule has 0 aliphatic carbocycles. The number of hydrogen-bond acceptors (Lipinski definition) is 2. The summed E-state index contributed by atoms with van der Waals surface area (Å²) < 4.78 is 19.5. The van der Waals surface area contributed by atoms with Crippen LogP contribution >= 0.6 is 0 Å². The van der Waals surface area contributed by atoms with Crippen molar-refractivity contribution in [2.24, 2.45) is 0 Å². The van der Waals surface area contributed by atoms with E-state index in [0.717, 1.165) is 16.9 Å². The molecular weight excluding hydrogens is 265 g/mol. The summed E-state index contributed by atoms with van der Waals surface area (Å²) >= 11 is 0. The highest BCUT2D eigenvalue weighted by atomic mass is 19.1. The molecule has 2 aromatic rings. The molecule has 1 N–H and O–H groups in total. The van der Waals surface area contributed by atoms with Crippen molar-refractivity contribution in [1.29, 1.82) is 0 Å². The van der Waals surface area contributed by atoms with Gasteiger partial charge in [0.05, 0.1) is 6.61 Å². The number of rotatable bonds is 3. The molecular formula is C18H20FNO. The maximum atomic E-state index is 13.8. The van der Waals surface area contributed by atoms with E-state index < -0.39 is 0 Å². The van der Waals surface area contributed by atoms with Gasteiger partial charge >= 0.3 is 0 Å². The van der Waals surface area contributed by atoms with E-state index in [1.165, 1.54) is 11.6 Å². The third-order valence-electron chi connectivity index (χ3n) is 4.04. The van der Waals surface area contributed by atoms with Crippen LogP contribution in [0.15, 0.2) is 36.4 Å². The number of hydrogen-bond donors (Lipinski definition) is 1. The van der Waals surface area contributed by atoms with Crippen LogP contribution in [0.2, 0.25) is 0 Å². The average molecular weight is 285 g/mol. The first kappa shape index (κ1) is 14.1. The fraction of sp³-hybridized carbons (Fsp3) is 0.333. The predicted molar refractivity (Wildman–Crippen MR) is 83.1 cm³/mol. The topological polar surface area (TPSA) is 21.3 Å². The quantitative estimate of drug-likeness (QED) is 0.924. The van der Waals surface area contributed by atoms with Gasteiger partial charge in [-0.2, -0.15) is 0 Å².